The van der Waals surface area contributed by atoms with Gasteiger partial charge in [0.05, 0.1) is 6.04 Å². The van der Waals surface area contributed by atoms with Crippen LogP contribution in [0.1, 0.15) is 29.7 Å². The van der Waals surface area contributed by atoms with Gasteiger partial charge in [-0.15, -0.1) is 0 Å². The average molecular weight is 249 g/mol. The Labute approximate surface area is 112 Å². The van der Waals surface area contributed by atoms with Crippen LogP contribution in [0.2, 0.25) is 0 Å². The molecule has 1 aliphatic heterocycles. The molecule has 0 saturated carbocycles. The van der Waals surface area contributed by atoms with Gasteiger partial charge < -0.3 is 4.90 Å². The van der Waals surface area contributed by atoms with Crippen molar-refractivity contribution in [2.24, 2.45) is 0 Å². The smallest absolute Gasteiger partial charge is 0.240 e. The Balaban J connectivity index is 1.95. The first-order valence-corrected chi connectivity index (χ1v) is 6.77. The van der Waals surface area contributed by atoms with Gasteiger partial charge in [0.2, 0.25) is 5.91 Å². The Kier molecular flexibility index (Phi) is 1.97. The number of β-lactam (4-membered cyclic amide) rings is 1. The highest BCUT2D eigenvalue weighted by molar-refractivity contribution is 6.04. The van der Waals surface area contributed by atoms with Gasteiger partial charge in [0.1, 0.15) is 5.41 Å². The number of fused-ring (bicyclic) bond motifs is 4. The maximum absolute atomic E-state index is 12.7. The number of nitrogens with zero attached hydrogens (tertiary/aromatic N) is 1. The van der Waals surface area contributed by atoms with Gasteiger partial charge in [0.15, 0.2) is 0 Å². The number of benzene rings is 2. The second kappa shape index (κ2) is 3.47. The van der Waals surface area contributed by atoms with Crippen LogP contribution in [0.15, 0.2) is 54.6 Å². The third-order valence-electron chi connectivity index (χ3n) is 4.57. The number of hydrogen-bond donors (Lipinski definition) is 0. The molecule has 4 rings (SSSR count). The topological polar surface area (TPSA) is 20.3 Å². The molecular weight excluding hydrogens is 234 g/mol. The van der Waals surface area contributed by atoms with Crippen molar-refractivity contribution in [3.8, 4) is 0 Å². The van der Waals surface area contributed by atoms with Gasteiger partial charge in [-0.25, -0.2) is 0 Å². The summed E-state index contributed by atoms with van der Waals surface area (Å²) in [5.74, 6) is 0.255. The van der Waals surface area contributed by atoms with Gasteiger partial charge in [-0.05, 0) is 23.6 Å². The molecule has 1 saturated heterocycles. The van der Waals surface area contributed by atoms with Gasteiger partial charge >= 0.3 is 0 Å². The summed E-state index contributed by atoms with van der Waals surface area (Å²) in [4.78, 5) is 14.6. The van der Waals surface area contributed by atoms with E-state index in [0.29, 0.717) is 0 Å². The molecule has 1 fully saturated rings. The molecule has 0 spiro atoms. The molecule has 1 heterocycles. The van der Waals surface area contributed by atoms with Crippen LogP contribution in [-0.4, -0.2) is 17.4 Å². The van der Waals surface area contributed by atoms with E-state index in [1.165, 1.54) is 11.1 Å². The molecule has 1 unspecified atom stereocenters. The van der Waals surface area contributed by atoms with Gasteiger partial charge in [-0.2, -0.15) is 0 Å². The van der Waals surface area contributed by atoms with Crippen LogP contribution in [0.25, 0.3) is 0 Å². The minimum atomic E-state index is -0.395. The second-order valence-electron chi connectivity index (χ2n) is 5.25. The Morgan fingerprint density at radius 3 is 2.47 bits per heavy atom. The lowest BCUT2D eigenvalue weighted by atomic mass is 9.50. The highest BCUT2D eigenvalue weighted by Crippen LogP contribution is 2.64. The number of rotatable bonds is 2. The summed E-state index contributed by atoms with van der Waals surface area (Å²) in [6, 6.07) is 18.8. The van der Waals surface area contributed by atoms with E-state index in [1.807, 2.05) is 36.1 Å². The quantitative estimate of drug-likeness (QED) is 0.749. The van der Waals surface area contributed by atoms with E-state index in [-0.39, 0.29) is 11.9 Å². The van der Waals surface area contributed by atoms with Gasteiger partial charge in [-0.1, -0.05) is 54.6 Å². The third kappa shape index (κ3) is 1.02. The molecule has 0 aromatic heterocycles. The Hall–Kier alpha value is -2.09. The van der Waals surface area contributed by atoms with Crippen LogP contribution >= 0.6 is 0 Å². The monoisotopic (exact) mass is 249 g/mol. The molecule has 0 bridgehead atoms. The fourth-order valence-electron chi connectivity index (χ4n) is 3.77. The Morgan fingerprint density at radius 1 is 1.05 bits per heavy atom. The summed E-state index contributed by atoms with van der Waals surface area (Å²) in [6.07, 6.45) is 0. The van der Waals surface area contributed by atoms with Crippen molar-refractivity contribution in [2.45, 2.75) is 18.4 Å². The molecule has 1 amide bonds. The van der Waals surface area contributed by atoms with E-state index in [1.54, 1.807) is 0 Å². The van der Waals surface area contributed by atoms with Crippen LogP contribution in [-0.2, 0) is 10.2 Å². The number of carbonyl (C=O) groups is 1. The summed E-state index contributed by atoms with van der Waals surface area (Å²) in [5, 5.41) is 0. The van der Waals surface area contributed by atoms with E-state index < -0.39 is 5.41 Å². The molecule has 2 aromatic rings. The lowest BCUT2D eigenvalue weighted by molar-refractivity contribution is -0.162. The van der Waals surface area contributed by atoms with E-state index in [2.05, 4.69) is 30.3 Å². The summed E-state index contributed by atoms with van der Waals surface area (Å²) < 4.78 is 0. The first kappa shape index (κ1) is 10.8. The Bertz CT molecular complexity index is 664. The number of likely N-dealkylation sites (tertiary alicyclic amines) is 1. The molecule has 2 aromatic carbocycles. The predicted octanol–water partition coefficient (Wildman–Crippen LogP) is 2.89. The minimum Gasteiger partial charge on any atom is -0.333 e. The lowest BCUT2D eigenvalue weighted by Crippen LogP contribution is -2.71. The molecule has 2 aliphatic rings. The minimum absolute atomic E-state index is 0.239. The highest BCUT2D eigenvalue weighted by atomic mass is 16.2. The van der Waals surface area contributed by atoms with Crippen molar-refractivity contribution in [2.75, 3.05) is 6.54 Å². The molecule has 19 heavy (non-hydrogen) atoms. The van der Waals surface area contributed by atoms with E-state index in [4.69, 9.17) is 0 Å². The zero-order valence-electron chi connectivity index (χ0n) is 10.8. The third-order valence-corrected chi connectivity index (χ3v) is 4.57. The van der Waals surface area contributed by atoms with Crippen molar-refractivity contribution in [3.05, 3.63) is 71.3 Å². The molecule has 2 nitrogen and oxygen atoms in total. The molecule has 2 heteroatoms. The highest BCUT2D eigenvalue weighted by Gasteiger charge is 2.69. The molecule has 0 N–H and O–H groups in total. The maximum Gasteiger partial charge on any atom is 0.240 e. The van der Waals surface area contributed by atoms with Crippen LogP contribution in [0.5, 0.6) is 0 Å². The normalized spacial score (nSPS) is 27.1. The number of hydrogen-bond acceptors (Lipinski definition) is 1. The van der Waals surface area contributed by atoms with Crippen LogP contribution in [0, 0.1) is 0 Å². The second-order valence-corrected chi connectivity index (χ2v) is 5.25. The van der Waals surface area contributed by atoms with E-state index >= 15 is 0 Å². The molecular formula is C17H15NO. The first-order chi connectivity index (χ1) is 9.31. The predicted molar refractivity (Wildman–Crippen MR) is 73.8 cm³/mol. The Morgan fingerprint density at radius 2 is 1.74 bits per heavy atom. The standard InChI is InChI=1S/C17H15NO/c1-2-18-15-13-10-6-7-11-14(13)17(15,16(18)19)12-8-4-3-5-9-12/h3-11,15H,2H2,1H3/t15-,17?/m0/s1. The summed E-state index contributed by atoms with van der Waals surface area (Å²) >= 11 is 0. The summed E-state index contributed by atoms with van der Waals surface area (Å²) in [6.45, 7) is 2.83. The van der Waals surface area contributed by atoms with Crippen molar-refractivity contribution in [1.29, 1.82) is 0 Å². The fourth-order valence-corrected chi connectivity index (χ4v) is 3.77. The van der Waals surface area contributed by atoms with Gasteiger partial charge in [0.25, 0.3) is 0 Å². The zero-order chi connectivity index (χ0) is 13.0. The zero-order valence-corrected chi connectivity index (χ0v) is 10.8. The average Bonchev–Trinajstić information content (AvgIpc) is 2.45. The van der Waals surface area contributed by atoms with Crippen LogP contribution in [0.3, 0.4) is 0 Å². The molecule has 2 atom stereocenters. The lowest BCUT2D eigenvalue weighted by Gasteiger charge is -2.64. The van der Waals surface area contributed by atoms with E-state index in [9.17, 15) is 4.79 Å². The van der Waals surface area contributed by atoms with Crippen molar-refractivity contribution < 1.29 is 4.79 Å². The van der Waals surface area contributed by atoms with Crippen LogP contribution < -0.4 is 0 Å². The van der Waals surface area contributed by atoms with Gasteiger partial charge in [0, 0.05) is 6.54 Å². The fraction of sp³-hybridized carbons (Fsp3) is 0.235. The summed E-state index contributed by atoms with van der Waals surface area (Å²) in [7, 11) is 0. The van der Waals surface area contributed by atoms with Crippen molar-refractivity contribution >= 4 is 5.91 Å². The molecule has 0 radical (unpaired) electrons. The summed E-state index contributed by atoms with van der Waals surface area (Å²) in [5.41, 5.74) is 3.25. The number of carbonyl (C=O) groups excluding carboxylic acids is 1. The van der Waals surface area contributed by atoms with Crippen molar-refractivity contribution in [3.63, 3.8) is 0 Å². The number of amides is 1. The van der Waals surface area contributed by atoms with Crippen molar-refractivity contribution in [1.82, 2.24) is 4.90 Å². The van der Waals surface area contributed by atoms with Crippen LogP contribution in [0.4, 0.5) is 0 Å². The SMILES string of the molecule is CCN1C(=O)C2(c3ccccc3)c3ccccc3[C@H]12. The molecule has 94 valence electrons. The first-order valence-electron chi connectivity index (χ1n) is 6.77. The maximum atomic E-state index is 12.7. The van der Waals surface area contributed by atoms with Gasteiger partial charge in [-0.3, -0.25) is 4.79 Å². The largest absolute Gasteiger partial charge is 0.333 e. The number of likely N-dealkylation sites (N-methyl/N-ethyl adjacent to an activating group) is 1. The molecule has 1 aliphatic carbocycles. The van der Waals surface area contributed by atoms with E-state index in [0.717, 1.165) is 12.1 Å².